The smallest absolute Gasteiger partial charge is 0.250 e. The van der Waals surface area contributed by atoms with Crippen molar-refractivity contribution in [2.75, 3.05) is 18.9 Å². The lowest BCUT2D eigenvalue weighted by atomic mass is 10.1. The van der Waals surface area contributed by atoms with E-state index in [1.54, 1.807) is 6.07 Å². The molecule has 8 heteroatoms. The number of carbonyl (C=O) groups is 1. The minimum atomic E-state index is -0.458. The molecule has 0 saturated heterocycles. The third-order valence-corrected chi connectivity index (χ3v) is 6.43. The van der Waals surface area contributed by atoms with Gasteiger partial charge in [0.1, 0.15) is 11.5 Å². The molecule has 2 aromatic carbocycles. The van der Waals surface area contributed by atoms with Gasteiger partial charge in [-0.05, 0) is 30.2 Å². The van der Waals surface area contributed by atoms with E-state index in [0.717, 1.165) is 46.7 Å². The van der Waals surface area contributed by atoms with Crippen LogP contribution >= 0.6 is 11.5 Å². The molecule has 0 atom stereocenters. The number of nitrogens with two attached hydrogens (primary N) is 1. The number of aromatic nitrogens is 3. The number of benzene rings is 2. The van der Waals surface area contributed by atoms with Crippen LogP contribution in [0.1, 0.15) is 27.2 Å². The summed E-state index contributed by atoms with van der Waals surface area (Å²) < 4.78 is 5.37. The molecule has 31 heavy (non-hydrogen) atoms. The molecule has 1 aliphatic heterocycles. The summed E-state index contributed by atoms with van der Waals surface area (Å²) in [7, 11) is 2.11. The van der Waals surface area contributed by atoms with E-state index < -0.39 is 5.91 Å². The van der Waals surface area contributed by atoms with Gasteiger partial charge in [-0.15, -0.1) is 0 Å². The van der Waals surface area contributed by atoms with Crippen molar-refractivity contribution in [3.8, 4) is 11.5 Å². The van der Waals surface area contributed by atoms with Crippen LogP contribution in [0.25, 0.3) is 21.6 Å². The average molecular weight is 431 g/mol. The summed E-state index contributed by atoms with van der Waals surface area (Å²) in [6.07, 6.45) is 0.857. The van der Waals surface area contributed by atoms with Gasteiger partial charge in [0, 0.05) is 37.0 Å². The van der Waals surface area contributed by atoms with Gasteiger partial charge in [0.15, 0.2) is 5.82 Å². The van der Waals surface area contributed by atoms with Crippen molar-refractivity contribution in [2.24, 2.45) is 5.73 Å². The zero-order valence-electron chi connectivity index (χ0n) is 17.1. The molecule has 156 valence electrons. The summed E-state index contributed by atoms with van der Waals surface area (Å²) in [5.74, 6) is 0.953. The maximum Gasteiger partial charge on any atom is 0.250 e. The summed E-state index contributed by atoms with van der Waals surface area (Å²) in [5, 5.41) is 4.36. The van der Waals surface area contributed by atoms with Gasteiger partial charge in [0.05, 0.1) is 16.0 Å². The number of anilines is 1. The fourth-order valence-corrected chi connectivity index (χ4v) is 4.79. The Morgan fingerprint density at radius 2 is 2.00 bits per heavy atom. The van der Waals surface area contributed by atoms with Crippen LogP contribution in [0.3, 0.4) is 0 Å². The number of hydrogen-bond donors (Lipinski definition) is 2. The second-order valence-corrected chi connectivity index (χ2v) is 8.50. The maximum atomic E-state index is 11.8. The van der Waals surface area contributed by atoms with Crippen LogP contribution in [0.15, 0.2) is 48.5 Å². The lowest BCUT2D eigenvalue weighted by molar-refractivity contribution is 0.100. The van der Waals surface area contributed by atoms with Crippen molar-refractivity contribution >= 4 is 33.3 Å². The van der Waals surface area contributed by atoms with E-state index in [9.17, 15) is 4.79 Å². The predicted octanol–water partition coefficient (Wildman–Crippen LogP) is 3.45. The lowest BCUT2D eigenvalue weighted by Gasteiger charge is -2.26. The third-order valence-electron chi connectivity index (χ3n) is 5.53. The van der Waals surface area contributed by atoms with Crippen molar-refractivity contribution < 1.29 is 4.79 Å². The highest BCUT2D eigenvalue weighted by molar-refractivity contribution is 7.14. The lowest BCUT2D eigenvalue weighted by Crippen LogP contribution is -2.29. The molecule has 1 amide bonds. The Morgan fingerprint density at radius 1 is 1.16 bits per heavy atom. The molecule has 0 aliphatic carbocycles. The van der Waals surface area contributed by atoms with E-state index in [4.69, 9.17) is 15.7 Å². The zero-order chi connectivity index (χ0) is 21.4. The molecule has 3 heterocycles. The molecule has 5 rings (SSSR count). The van der Waals surface area contributed by atoms with Gasteiger partial charge in [-0.3, -0.25) is 4.79 Å². The number of amides is 1. The number of nitrogens with zero attached hydrogens (tertiary/aromatic N) is 4. The highest BCUT2D eigenvalue weighted by Crippen LogP contribution is 2.33. The summed E-state index contributed by atoms with van der Waals surface area (Å²) in [6.45, 7) is 2.43. The Morgan fingerprint density at radius 3 is 2.81 bits per heavy atom. The first-order chi connectivity index (χ1) is 15.1. The second-order valence-electron chi connectivity index (χ2n) is 7.73. The molecule has 0 saturated carbocycles. The van der Waals surface area contributed by atoms with E-state index in [2.05, 4.69) is 33.8 Å². The van der Waals surface area contributed by atoms with Crippen LogP contribution in [-0.4, -0.2) is 38.7 Å². The van der Waals surface area contributed by atoms with Crippen molar-refractivity contribution in [3.05, 3.63) is 70.9 Å². The Kier molecular flexibility index (Phi) is 5.09. The highest BCUT2D eigenvalue weighted by Gasteiger charge is 2.23. The van der Waals surface area contributed by atoms with Crippen LogP contribution in [0, 0.1) is 0 Å². The van der Waals surface area contributed by atoms with Crippen molar-refractivity contribution in [1.29, 1.82) is 0 Å². The number of rotatable bonds is 5. The monoisotopic (exact) mass is 430 g/mol. The van der Waals surface area contributed by atoms with Crippen LogP contribution in [0.2, 0.25) is 0 Å². The Bertz CT molecular complexity index is 1270. The summed E-state index contributed by atoms with van der Waals surface area (Å²) in [5.41, 5.74) is 10.1. The Balaban J connectivity index is 1.59. The molecule has 0 radical (unpaired) electrons. The molecule has 0 bridgehead atoms. The van der Waals surface area contributed by atoms with Gasteiger partial charge in [-0.25, -0.2) is 9.97 Å². The highest BCUT2D eigenvalue weighted by atomic mass is 32.1. The first kappa shape index (κ1) is 19.6. The molecule has 0 spiro atoms. The van der Waals surface area contributed by atoms with E-state index >= 15 is 0 Å². The number of fused-ring (bicyclic) bond motifs is 2. The molecule has 2 aromatic heterocycles. The number of hydrogen-bond acceptors (Lipinski definition) is 7. The largest absolute Gasteiger partial charge is 0.366 e. The van der Waals surface area contributed by atoms with E-state index in [-0.39, 0.29) is 0 Å². The van der Waals surface area contributed by atoms with Crippen LogP contribution in [0.4, 0.5) is 5.82 Å². The Hall–Kier alpha value is -3.36. The van der Waals surface area contributed by atoms with E-state index in [0.29, 0.717) is 23.6 Å². The van der Waals surface area contributed by atoms with Gasteiger partial charge in [0.25, 0.3) is 0 Å². The maximum absolute atomic E-state index is 11.8. The molecule has 7 nitrogen and oxygen atoms in total. The van der Waals surface area contributed by atoms with Crippen LogP contribution in [0.5, 0.6) is 0 Å². The topological polar surface area (TPSA) is 97.0 Å². The number of carbonyl (C=O) groups excluding carboxylic acids is 1. The number of nitrogens with one attached hydrogen (secondary N) is 1. The molecular formula is C23H22N6OS. The van der Waals surface area contributed by atoms with Gasteiger partial charge in [0.2, 0.25) is 5.91 Å². The van der Waals surface area contributed by atoms with Crippen molar-refractivity contribution in [3.63, 3.8) is 0 Å². The van der Waals surface area contributed by atoms with Crippen molar-refractivity contribution in [1.82, 2.24) is 19.2 Å². The molecule has 0 fully saturated rings. The summed E-state index contributed by atoms with van der Waals surface area (Å²) in [4.78, 5) is 23.8. The molecule has 3 N–H and O–H groups in total. The first-order valence-corrected chi connectivity index (χ1v) is 10.9. The fraction of sp³-hybridized carbons (Fsp3) is 0.217. The molecule has 4 aromatic rings. The normalized spacial score (nSPS) is 13.8. The van der Waals surface area contributed by atoms with E-state index in [1.807, 2.05) is 30.3 Å². The van der Waals surface area contributed by atoms with E-state index in [1.165, 1.54) is 17.1 Å². The van der Waals surface area contributed by atoms with Gasteiger partial charge in [-0.1, -0.05) is 42.5 Å². The number of primary amides is 1. The predicted molar refractivity (Wildman–Crippen MR) is 123 cm³/mol. The Labute approximate surface area is 184 Å². The zero-order valence-corrected chi connectivity index (χ0v) is 17.9. The molecular weight excluding hydrogens is 408 g/mol. The molecule has 1 aliphatic rings. The SMILES string of the molecule is CN1CCc2nc(-c3nsc4c(C(N)=O)cccc34)nc(NCc3ccccc3)c2C1. The standard InChI is InChI=1S/C23H22N6OS/c1-29-11-10-18-17(13-29)22(25-12-14-6-3-2-4-7-14)27-23(26-18)19-15-8-5-9-16(21(24)30)20(15)31-28-19/h2-9H,10-13H2,1H3,(H2,24,30)(H,25,26,27). The van der Waals surface area contributed by atoms with Crippen LogP contribution < -0.4 is 11.1 Å². The quantitative estimate of drug-likeness (QED) is 0.503. The fourth-order valence-electron chi connectivity index (χ4n) is 3.90. The summed E-state index contributed by atoms with van der Waals surface area (Å²) in [6, 6.07) is 15.7. The number of likely N-dealkylation sites (N-methyl/N-ethyl adjacent to an activating group) is 1. The third kappa shape index (κ3) is 3.75. The minimum absolute atomic E-state index is 0.458. The second kappa shape index (κ2) is 8.05. The minimum Gasteiger partial charge on any atom is -0.366 e. The van der Waals surface area contributed by atoms with Crippen LogP contribution in [-0.2, 0) is 19.5 Å². The molecule has 0 unspecified atom stereocenters. The van der Waals surface area contributed by atoms with Gasteiger partial charge in [-0.2, -0.15) is 4.37 Å². The summed E-state index contributed by atoms with van der Waals surface area (Å²) >= 11 is 1.26. The average Bonchev–Trinajstić information content (AvgIpc) is 3.22. The van der Waals surface area contributed by atoms with Gasteiger partial charge < -0.3 is 16.0 Å². The van der Waals surface area contributed by atoms with Crippen molar-refractivity contribution in [2.45, 2.75) is 19.5 Å². The van der Waals surface area contributed by atoms with Gasteiger partial charge >= 0.3 is 0 Å². The first-order valence-electron chi connectivity index (χ1n) is 10.1.